The summed E-state index contributed by atoms with van der Waals surface area (Å²) in [5, 5.41) is 3.54. The Balaban J connectivity index is 2.07. The van der Waals surface area contributed by atoms with Crippen LogP contribution in [0.15, 0.2) is 36.4 Å². The van der Waals surface area contributed by atoms with Crippen LogP contribution in [0.4, 0.5) is 5.69 Å². The van der Waals surface area contributed by atoms with E-state index in [9.17, 15) is 4.79 Å². The van der Waals surface area contributed by atoms with E-state index in [1.54, 1.807) is 43.3 Å². The third kappa shape index (κ3) is 4.69. The van der Waals surface area contributed by atoms with Gasteiger partial charge in [0, 0.05) is 30.0 Å². The summed E-state index contributed by atoms with van der Waals surface area (Å²) in [6, 6.07) is 9.90. The first-order valence-corrected chi connectivity index (χ1v) is 7.84. The molecule has 0 saturated carbocycles. The Labute approximate surface area is 150 Å². The number of hydrogen-bond acceptors (Lipinski definition) is 4. The second-order valence-corrected chi connectivity index (χ2v) is 5.74. The Kier molecular flexibility index (Phi) is 6.17. The topological polar surface area (TPSA) is 56.8 Å². The maximum atomic E-state index is 12.3. The molecule has 2 aromatic carbocycles. The van der Waals surface area contributed by atoms with Crippen LogP contribution >= 0.6 is 23.2 Å². The summed E-state index contributed by atoms with van der Waals surface area (Å²) in [7, 11) is 3.08. The maximum Gasteiger partial charge on any atom is 0.265 e. The van der Waals surface area contributed by atoms with Gasteiger partial charge >= 0.3 is 0 Å². The number of rotatable bonds is 6. The number of halogens is 2. The van der Waals surface area contributed by atoms with Crippen molar-refractivity contribution in [3.8, 4) is 17.2 Å². The van der Waals surface area contributed by atoms with Crippen LogP contribution in [0.5, 0.6) is 17.2 Å². The van der Waals surface area contributed by atoms with Gasteiger partial charge in [-0.05, 0) is 19.1 Å². The average molecular weight is 370 g/mol. The zero-order chi connectivity index (χ0) is 17.7. The summed E-state index contributed by atoms with van der Waals surface area (Å²) in [5.74, 6) is 1.28. The molecule has 0 bridgehead atoms. The SMILES string of the molecule is COc1cc(NC(=O)C(C)Oc2ccc(Cl)c(Cl)c2)cc(OC)c1. The molecule has 1 unspecified atom stereocenters. The van der Waals surface area contributed by atoms with Crippen molar-refractivity contribution >= 4 is 34.8 Å². The van der Waals surface area contributed by atoms with Gasteiger partial charge in [0.2, 0.25) is 0 Å². The molecule has 5 nitrogen and oxygen atoms in total. The van der Waals surface area contributed by atoms with Crippen LogP contribution in [0.3, 0.4) is 0 Å². The third-order valence-corrected chi connectivity index (χ3v) is 3.93. The normalized spacial score (nSPS) is 11.5. The lowest BCUT2D eigenvalue weighted by molar-refractivity contribution is -0.122. The summed E-state index contributed by atoms with van der Waals surface area (Å²) in [6.07, 6.45) is -0.737. The monoisotopic (exact) mass is 369 g/mol. The molecular formula is C17H17Cl2NO4. The first-order valence-electron chi connectivity index (χ1n) is 7.08. The van der Waals surface area contributed by atoms with Crippen LogP contribution in [0, 0.1) is 0 Å². The van der Waals surface area contributed by atoms with Crippen molar-refractivity contribution < 1.29 is 19.0 Å². The highest BCUT2D eigenvalue weighted by Gasteiger charge is 2.16. The molecule has 24 heavy (non-hydrogen) atoms. The van der Waals surface area contributed by atoms with Gasteiger partial charge in [-0.2, -0.15) is 0 Å². The van der Waals surface area contributed by atoms with Gasteiger partial charge < -0.3 is 19.5 Å². The number of nitrogens with one attached hydrogen (secondary N) is 1. The zero-order valence-electron chi connectivity index (χ0n) is 13.4. The van der Waals surface area contributed by atoms with Crippen LogP contribution in [0.2, 0.25) is 10.0 Å². The van der Waals surface area contributed by atoms with E-state index in [4.69, 9.17) is 37.4 Å². The third-order valence-electron chi connectivity index (χ3n) is 3.19. The van der Waals surface area contributed by atoms with Gasteiger partial charge in [0.1, 0.15) is 17.2 Å². The van der Waals surface area contributed by atoms with Gasteiger partial charge in [0.05, 0.1) is 24.3 Å². The zero-order valence-corrected chi connectivity index (χ0v) is 14.9. The number of hydrogen-bond donors (Lipinski definition) is 1. The minimum absolute atomic E-state index is 0.323. The van der Waals surface area contributed by atoms with E-state index in [1.165, 1.54) is 14.2 Å². The van der Waals surface area contributed by atoms with Gasteiger partial charge in [-0.3, -0.25) is 4.79 Å². The van der Waals surface area contributed by atoms with E-state index in [2.05, 4.69) is 5.32 Å². The number of benzene rings is 2. The first-order chi connectivity index (χ1) is 11.4. The molecule has 1 atom stereocenters. The molecule has 0 spiro atoms. The molecule has 0 heterocycles. The summed E-state index contributed by atoms with van der Waals surface area (Å²) < 4.78 is 15.9. The molecule has 2 aromatic rings. The van der Waals surface area contributed by atoms with Gasteiger partial charge in [0.25, 0.3) is 5.91 Å². The fourth-order valence-electron chi connectivity index (χ4n) is 1.93. The number of methoxy groups -OCH3 is 2. The molecule has 2 rings (SSSR count). The van der Waals surface area contributed by atoms with Crippen molar-refractivity contribution in [1.82, 2.24) is 0 Å². The van der Waals surface area contributed by atoms with Crippen LogP contribution in [0.1, 0.15) is 6.92 Å². The molecule has 1 N–H and O–H groups in total. The molecule has 0 saturated heterocycles. The lowest BCUT2D eigenvalue weighted by Crippen LogP contribution is -2.30. The van der Waals surface area contributed by atoms with Gasteiger partial charge in [-0.25, -0.2) is 0 Å². The summed E-state index contributed by atoms with van der Waals surface area (Å²) >= 11 is 11.8. The van der Waals surface area contributed by atoms with Crippen LogP contribution in [0.25, 0.3) is 0 Å². The highest BCUT2D eigenvalue weighted by Crippen LogP contribution is 2.28. The van der Waals surface area contributed by atoms with E-state index < -0.39 is 6.10 Å². The molecule has 7 heteroatoms. The van der Waals surface area contributed by atoms with Crippen LogP contribution in [-0.4, -0.2) is 26.2 Å². The van der Waals surface area contributed by atoms with Crippen LogP contribution in [-0.2, 0) is 4.79 Å². The smallest absolute Gasteiger partial charge is 0.265 e. The van der Waals surface area contributed by atoms with E-state index in [0.717, 1.165) is 0 Å². The number of carbonyl (C=O) groups excluding carboxylic acids is 1. The fraction of sp³-hybridized carbons (Fsp3) is 0.235. The molecule has 1 amide bonds. The second kappa shape index (κ2) is 8.13. The summed E-state index contributed by atoms with van der Waals surface area (Å²) in [5.41, 5.74) is 0.542. The Bertz CT molecular complexity index is 714. The van der Waals surface area contributed by atoms with Gasteiger partial charge in [-0.15, -0.1) is 0 Å². The van der Waals surface area contributed by atoms with Crippen molar-refractivity contribution in [2.24, 2.45) is 0 Å². The Morgan fingerprint density at radius 2 is 1.58 bits per heavy atom. The Morgan fingerprint density at radius 3 is 2.12 bits per heavy atom. The fourth-order valence-corrected chi connectivity index (χ4v) is 2.22. The highest BCUT2D eigenvalue weighted by atomic mass is 35.5. The number of carbonyl (C=O) groups is 1. The number of ether oxygens (including phenoxy) is 3. The molecule has 0 aliphatic rings. The highest BCUT2D eigenvalue weighted by molar-refractivity contribution is 6.42. The number of anilines is 1. The van der Waals surface area contributed by atoms with Crippen molar-refractivity contribution in [2.75, 3.05) is 19.5 Å². The molecule has 0 fully saturated rings. The molecule has 0 aromatic heterocycles. The number of amides is 1. The van der Waals surface area contributed by atoms with E-state index >= 15 is 0 Å². The minimum Gasteiger partial charge on any atom is -0.497 e. The molecule has 0 aliphatic carbocycles. The quantitative estimate of drug-likeness (QED) is 0.818. The predicted octanol–water partition coefficient (Wildman–Crippen LogP) is 4.42. The largest absolute Gasteiger partial charge is 0.497 e. The minimum atomic E-state index is -0.737. The molecular weight excluding hydrogens is 353 g/mol. The lowest BCUT2D eigenvalue weighted by atomic mass is 10.2. The standard InChI is InChI=1S/C17H17Cl2NO4/c1-10(24-12-4-5-15(18)16(19)9-12)17(21)20-11-6-13(22-2)8-14(7-11)23-3/h4-10H,1-3H3,(H,20,21). The second-order valence-electron chi connectivity index (χ2n) is 4.93. The van der Waals surface area contributed by atoms with Crippen molar-refractivity contribution in [2.45, 2.75) is 13.0 Å². The van der Waals surface area contributed by atoms with Crippen molar-refractivity contribution in [1.29, 1.82) is 0 Å². The van der Waals surface area contributed by atoms with Crippen molar-refractivity contribution in [3.63, 3.8) is 0 Å². The van der Waals surface area contributed by atoms with E-state index in [1.807, 2.05) is 0 Å². The first kappa shape index (κ1) is 18.2. The molecule has 0 radical (unpaired) electrons. The van der Waals surface area contributed by atoms with Gasteiger partial charge in [-0.1, -0.05) is 23.2 Å². The predicted molar refractivity (Wildman–Crippen MR) is 94.7 cm³/mol. The van der Waals surface area contributed by atoms with Gasteiger partial charge in [0.15, 0.2) is 6.10 Å². The average Bonchev–Trinajstić information content (AvgIpc) is 2.57. The summed E-state index contributed by atoms with van der Waals surface area (Å²) in [4.78, 5) is 12.3. The molecule has 128 valence electrons. The van der Waals surface area contributed by atoms with Crippen LogP contribution < -0.4 is 19.5 Å². The van der Waals surface area contributed by atoms with E-state index in [0.29, 0.717) is 33.0 Å². The lowest BCUT2D eigenvalue weighted by Gasteiger charge is -2.16. The van der Waals surface area contributed by atoms with E-state index in [-0.39, 0.29) is 5.91 Å². The Hall–Kier alpha value is -2.11. The summed E-state index contributed by atoms with van der Waals surface area (Å²) in [6.45, 7) is 1.63. The van der Waals surface area contributed by atoms with Crippen molar-refractivity contribution in [3.05, 3.63) is 46.4 Å². The maximum absolute atomic E-state index is 12.3. The Morgan fingerprint density at radius 1 is 0.958 bits per heavy atom. The molecule has 0 aliphatic heterocycles.